The Bertz CT molecular complexity index is 414. The average molecular weight is 249 g/mol. The predicted molar refractivity (Wildman–Crippen MR) is 68.0 cm³/mol. The normalized spacial score (nSPS) is 9.50. The van der Waals surface area contributed by atoms with Gasteiger partial charge in [-0.05, 0) is 18.2 Å². The topological polar surface area (TPSA) is 99.2 Å². The van der Waals surface area contributed by atoms with Crippen molar-refractivity contribution in [2.45, 2.75) is 0 Å². The number of hydrogen-bond acceptors (Lipinski definition) is 6. The highest BCUT2D eigenvalue weighted by Gasteiger charge is 2.12. The lowest BCUT2D eigenvalue weighted by Gasteiger charge is -2.10. The first-order valence-electron chi connectivity index (χ1n) is 5.07. The van der Waals surface area contributed by atoms with Gasteiger partial charge in [0.1, 0.15) is 0 Å². The molecule has 0 aromatic heterocycles. The zero-order valence-corrected chi connectivity index (χ0v) is 10.5. The molecule has 6 heteroatoms. The first kappa shape index (κ1) is 13.7. The first-order valence-corrected chi connectivity index (χ1v) is 5.07. The van der Waals surface area contributed by atoms with Gasteiger partial charge < -0.3 is 14.2 Å². The molecule has 0 fully saturated rings. The van der Waals surface area contributed by atoms with E-state index in [9.17, 15) is 0 Å². The molecule has 3 N–H and O–H groups in total. The monoisotopic (exact) mass is 249 g/mol. The lowest BCUT2D eigenvalue weighted by molar-refractivity contribution is 0.398. The van der Waals surface area contributed by atoms with Gasteiger partial charge in [-0.2, -0.15) is 0 Å². The number of ether oxygens (including phenoxy) is 3. The summed E-state index contributed by atoms with van der Waals surface area (Å²) in [6.07, 6.45) is 0. The standard InChI is InChI=1S/C12H15N3O3/c1-16-10(13)7-4-8(11(14)17-2)6-9(5-7)12(15)18-3/h4-6,13-15H,1-3H3. The highest BCUT2D eigenvalue weighted by Crippen LogP contribution is 2.13. The summed E-state index contributed by atoms with van der Waals surface area (Å²) in [7, 11) is 4.16. The van der Waals surface area contributed by atoms with Crippen molar-refractivity contribution in [1.82, 2.24) is 0 Å². The molecule has 0 aliphatic heterocycles. The van der Waals surface area contributed by atoms with Gasteiger partial charge in [0.25, 0.3) is 0 Å². The minimum atomic E-state index is -0.0501. The summed E-state index contributed by atoms with van der Waals surface area (Å²) >= 11 is 0. The van der Waals surface area contributed by atoms with E-state index in [1.54, 1.807) is 18.2 Å². The van der Waals surface area contributed by atoms with Crippen LogP contribution >= 0.6 is 0 Å². The summed E-state index contributed by atoms with van der Waals surface area (Å²) in [5.41, 5.74) is 1.36. The molecular weight excluding hydrogens is 234 g/mol. The van der Waals surface area contributed by atoms with Crippen molar-refractivity contribution in [2.75, 3.05) is 21.3 Å². The Morgan fingerprint density at radius 2 is 0.889 bits per heavy atom. The zero-order chi connectivity index (χ0) is 13.7. The predicted octanol–water partition coefficient (Wildman–Crippen LogP) is 1.60. The summed E-state index contributed by atoms with van der Waals surface area (Å²) in [6, 6.07) is 4.76. The smallest absolute Gasteiger partial charge is 0.212 e. The molecule has 6 nitrogen and oxygen atoms in total. The largest absolute Gasteiger partial charge is 0.481 e. The fourth-order valence-electron chi connectivity index (χ4n) is 1.37. The van der Waals surface area contributed by atoms with E-state index in [-0.39, 0.29) is 17.7 Å². The van der Waals surface area contributed by atoms with Crippen molar-refractivity contribution in [3.05, 3.63) is 34.9 Å². The number of benzene rings is 1. The van der Waals surface area contributed by atoms with E-state index in [0.29, 0.717) is 16.7 Å². The highest BCUT2D eigenvalue weighted by atomic mass is 16.5. The average Bonchev–Trinajstić information content (AvgIpc) is 2.43. The Morgan fingerprint density at radius 3 is 1.06 bits per heavy atom. The van der Waals surface area contributed by atoms with Crippen molar-refractivity contribution >= 4 is 17.7 Å². The van der Waals surface area contributed by atoms with Gasteiger partial charge in [0, 0.05) is 16.7 Å². The maximum atomic E-state index is 7.62. The van der Waals surface area contributed by atoms with Crippen LogP contribution in [0.1, 0.15) is 16.7 Å². The maximum Gasteiger partial charge on any atom is 0.212 e. The second kappa shape index (κ2) is 5.81. The van der Waals surface area contributed by atoms with Crippen molar-refractivity contribution in [1.29, 1.82) is 16.2 Å². The van der Waals surface area contributed by atoms with Crippen LogP contribution in [-0.4, -0.2) is 39.0 Å². The molecule has 0 unspecified atom stereocenters. The molecule has 0 saturated carbocycles. The van der Waals surface area contributed by atoms with Gasteiger partial charge in [-0.1, -0.05) is 0 Å². The van der Waals surface area contributed by atoms with Crippen LogP contribution in [0.2, 0.25) is 0 Å². The van der Waals surface area contributed by atoms with E-state index in [0.717, 1.165) is 0 Å². The molecule has 0 aliphatic rings. The number of hydrogen-bond donors (Lipinski definition) is 3. The SMILES string of the molecule is COC(=N)c1cc(C(=N)OC)cc(C(=N)OC)c1. The number of methoxy groups -OCH3 is 3. The summed E-state index contributed by atoms with van der Waals surface area (Å²) in [5, 5.41) is 22.9. The molecule has 0 amide bonds. The Kier molecular flexibility index (Phi) is 4.42. The summed E-state index contributed by atoms with van der Waals surface area (Å²) in [4.78, 5) is 0. The van der Waals surface area contributed by atoms with Crippen LogP contribution in [0, 0.1) is 16.2 Å². The second-order valence-electron chi connectivity index (χ2n) is 3.40. The Hall–Kier alpha value is -2.37. The molecule has 0 aliphatic carbocycles. The van der Waals surface area contributed by atoms with E-state index in [1.165, 1.54) is 21.3 Å². The molecule has 1 aromatic rings. The first-order chi connectivity index (χ1) is 8.53. The van der Waals surface area contributed by atoms with Gasteiger partial charge >= 0.3 is 0 Å². The van der Waals surface area contributed by atoms with Gasteiger partial charge in [0.15, 0.2) is 0 Å². The van der Waals surface area contributed by atoms with Crippen molar-refractivity contribution < 1.29 is 14.2 Å². The molecular formula is C12H15N3O3. The summed E-state index contributed by atoms with van der Waals surface area (Å²) < 4.78 is 14.5. The Labute approximate surface area is 105 Å². The summed E-state index contributed by atoms with van der Waals surface area (Å²) in [6.45, 7) is 0. The van der Waals surface area contributed by atoms with E-state index in [4.69, 9.17) is 30.4 Å². The molecule has 0 saturated heterocycles. The van der Waals surface area contributed by atoms with Gasteiger partial charge in [-0.3, -0.25) is 16.2 Å². The van der Waals surface area contributed by atoms with Crippen LogP contribution in [0.5, 0.6) is 0 Å². The van der Waals surface area contributed by atoms with Crippen LogP contribution in [0.3, 0.4) is 0 Å². The van der Waals surface area contributed by atoms with Crippen LogP contribution in [0.15, 0.2) is 18.2 Å². The summed E-state index contributed by atoms with van der Waals surface area (Å²) in [5.74, 6) is -0.150. The van der Waals surface area contributed by atoms with E-state index in [1.807, 2.05) is 0 Å². The van der Waals surface area contributed by atoms with Crippen LogP contribution in [0.25, 0.3) is 0 Å². The highest BCUT2D eigenvalue weighted by molar-refractivity contribution is 6.02. The Balaban J connectivity index is 3.32. The van der Waals surface area contributed by atoms with Crippen LogP contribution in [-0.2, 0) is 14.2 Å². The zero-order valence-electron chi connectivity index (χ0n) is 10.5. The quantitative estimate of drug-likeness (QED) is 0.560. The third-order valence-electron chi connectivity index (χ3n) is 2.33. The number of nitrogens with one attached hydrogen (secondary N) is 3. The molecule has 18 heavy (non-hydrogen) atoms. The van der Waals surface area contributed by atoms with Gasteiger partial charge in [-0.25, -0.2) is 0 Å². The maximum absolute atomic E-state index is 7.62. The minimum absolute atomic E-state index is 0.0501. The molecule has 0 atom stereocenters. The van der Waals surface area contributed by atoms with E-state index < -0.39 is 0 Å². The Morgan fingerprint density at radius 1 is 0.667 bits per heavy atom. The molecule has 96 valence electrons. The molecule has 0 bridgehead atoms. The van der Waals surface area contributed by atoms with Crippen LogP contribution in [0.4, 0.5) is 0 Å². The van der Waals surface area contributed by atoms with Crippen molar-refractivity contribution in [3.8, 4) is 0 Å². The second-order valence-corrected chi connectivity index (χ2v) is 3.40. The van der Waals surface area contributed by atoms with Crippen molar-refractivity contribution in [3.63, 3.8) is 0 Å². The van der Waals surface area contributed by atoms with E-state index in [2.05, 4.69) is 0 Å². The van der Waals surface area contributed by atoms with Gasteiger partial charge in [0.05, 0.1) is 21.3 Å². The third-order valence-corrected chi connectivity index (χ3v) is 2.33. The lowest BCUT2D eigenvalue weighted by atomic mass is 10.0. The lowest BCUT2D eigenvalue weighted by Crippen LogP contribution is -2.11. The van der Waals surface area contributed by atoms with E-state index >= 15 is 0 Å². The molecule has 0 radical (unpaired) electrons. The molecule has 1 rings (SSSR count). The van der Waals surface area contributed by atoms with Gasteiger partial charge in [-0.15, -0.1) is 0 Å². The third kappa shape index (κ3) is 2.85. The minimum Gasteiger partial charge on any atom is -0.481 e. The van der Waals surface area contributed by atoms with Crippen LogP contribution < -0.4 is 0 Å². The van der Waals surface area contributed by atoms with Gasteiger partial charge in [0.2, 0.25) is 17.7 Å². The fourth-order valence-corrected chi connectivity index (χ4v) is 1.37. The number of rotatable bonds is 3. The van der Waals surface area contributed by atoms with Crippen molar-refractivity contribution in [2.24, 2.45) is 0 Å². The molecule has 0 heterocycles. The molecule has 1 aromatic carbocycles. The molecule has 0 spiro atoms. The fraction of sp³-hybridized carbons (Fsp3) is 0.250.